The number of nitrogens with one attached hydrogen (secondary N) is 1. The second kappa shape index (κ2) is 6.20. The Labute approximate surface area is 141 Å². The molecule has 0 saturated carbocycles. The van der Waals surface area contributed by atoms with Gasteiger partial charge in [0, 0.05) is 11.6 Å². The van der Waals surface area contributed by atoms with E-state index in [0.29, 0.717) is 11.7 Å². The molecule has 1 fully saturated rings. The SMILES string of the molecule is C[C@@H](c1ccc(-c2nc(N)nc3nc[nH]c23)cc1)N1CCCCC1. The van der Waals surface area contributed by atoms with E-state index < -0.39 is 0 Å². The van der Waals surface area contributed by atoms with Crippen molar-refractivity contribution in [2.45, 2.75) is 32.2 Å². The molecule has 124 valence electrons. The number of rotatable bonds is 3. The Morgan fingerprint density at radius 3 is 2.58 bits per heavy atom. The largest absolute Gasteiger partial charge is 0.368 e. The Morgan fingerprint density at radius 1 is 1.08 bits per heavy atom. The minimum atomic E-state index is 0.246. The molecule has 1 saturated heterocycles. The summed E-state index contributed by atoms with van der Waals surface area (Å²) in [5.41, 5.74) is 10.4. The van der Waals surface area contributed by atoms with Gasteiger partial charge in [-0.05, 0) is 38.4 Å². The fourth-order valence-corrected chi connectivity index (χ4v) is 3.49. The van der Waals surface area contributed by atoms with E-state index in [2.05, 4.69) is 56.0 Å². The highest BCUT2D eigenvalue weighted by atomic mass is 15.2. The number of aromatic amines is 1. The highest BCUT2D eigenvalue weighted by molar-refractivity contribution is 5.87. The van der Waals surface area contributed by atoms with Gasteiger partial charge in [0.15, 0.2) is 5.65 Å². The van der Waals surface area contributed by atoms with Crippen LogP contribution in [0.5, 0.6) is 0 Å². The van der Waals surface area contributed by atoms with E-state index >= 15 is 0 Å². The third kappa shape index (κ3) is 2.73. The molecule has 3 heterocycles. The molecule has 4 rings (SSSR count). The van der Waals surface area contributed by atoms with Crippen LogP contribution in [0.3, 0.4) is 0 Å². The fourth-order valence-electron chi connectivity index (χ4n) is 3.49. The number of piperidine rings is 1. The normalized spacial score (nSPS) is 17.2. The van der Waals surface area contributed by atoms with Gasteiger partial charge in [0.2, 0.25) is 5.95 Å². The summed E-state index contributed by atoms with van der Waals surface area (Å²) in [6.07, 6.45) is 5.59. The van der Waals surface area contributed by atoms with Crippen molar-refractivity contribution in [2.75, 3.05) is 18.8 Å². The molecule has 0 bridgehead atoms. The Bertz CT molecular complexity index is 832. The lowest BCUT2D eigenvalue weighted by atomic mass is 10.0. The van der Waals surface area contributed by atoms with E-state index in [1.54, 1.807) is 6.33 Å². The topological polar surface area (TPSA) is 83.7 Å². The number of hydrogen-bond donors (Lipinski definition) is 2. The molecule has 0 radical (unpaired) electrons. The average molecular weight is 322 g/mol. The van der Waals surface area contributed by atoms with Gasteiger partial charge in [-0.2, -0.15) is 4.98 Å². The second-order valence-corrected chi connectivity index (χ2v) is 6.43. The van der Waals surface area contributed by atoms with Crippen LogP contribution in [0.15, 0.2) is 30.6 Å². The van der Waals surface area contributed by atoms with E-state index in [1.807, 2.05) is 0 Å². The maximum absolute atomic E-state index is 5.81. The summed E-state index contributed by atoms with van der Waals surface area (Å²) in [6, 6.07) is 9.04. The van der Waals surface area contributed by atoms with E-state index in [4.69, 9.17) is 5.73 Å². The molecule has 0 unspecified atom stereocenters. The molecule has 1 aliphatic rings. The van der Waals surface area contributed by atoms with Crippen molar-refractivity contribution in [2.24, 2.45) is 0 Å². The quantitative estimate of drug-likeness (QED) is 0.774. The number of aromatic nitrogens is 4. The Kier molecular flexibility index (Phi) is 3.90. The minimum Gasteiger partial charge on any atom is -0.368 e. The van der Waals surface area contributed by atoms with Crippen molar-refractivity contribution in [3.63, 3.8) is 0 Å². The van der Waals surface area contributed by atoms with Crippen LogP contribution in [0.25, 0.3) is 22.4 Å². The average Bonchev–Trinajstić information content (AvgIpc) is 3.09. The van der Waals surface area contributed by atoms with Crippen molar-refractivity contribution in [3.8, 4) is 11.3 Å². The third-order valence-electron chi connectivity index (χ3n) is 4.91. The zero-order valence-corrected chi connectivity index (χ0v) is 13.9. The van der Waals surface area contributed by atoms with Gasteiger partial charge in [0.05, 0.1) is 6.33 Å². The maximum atomic E-state index is 5.81. The van der Waals surface area contributed by atoms with Crippen LogP contribution in [-0.2, 0) is 0 Å². The van der Waals surface area contributed by atoms with Crippen LogP contribution in [0.2, 0.25) is 0 Å². The number of imidazole rings is 1. The third-order valence-corrected chi connectivity index (χ3v) is 4.91. The second-order valence-electron chi connectivity index (χ2n) is 6.43. The molecular formula is C18H22N6. The summed E-state index contributed by atoms with van der Waals surface area (Å²) in [7, 11) is 0. The summed E-state index contributed by atoms with van der Waals surface area (Å²) >= 11 is 0. The summed E-state index contributed by atoms with van der Waals surface area (Å²) in [4.78, 5) is 18.4. The number of hydrogen-bond acceptors (Lipinski definition) is 5. The molecule has 2 aromatic heterocycles. The molecule has 3 N–H and O–H groups in total. The molecule has 0 amide bonds. The predicted molar refractivity (Wildman–Crippen MR) is 95.4 cm³/mol. The Hall–Kier alpha value is -2.47. The summed E-state index contributed by atoms with van der Waals surface area (Å²) < 4.78 is 0. The van der Waals surface area contributed by atoms with Gasteiger partial charge < -0.3 is 10.7 Å². The molecule has 6 heteroatoms. The van der Waals surface area contributed by atoms with Gasteiger partial charge in [0.25, 0.3) is 0 Å². The highest BCUT2D eigenvalue weighted by Crippen LogP contribution is 2.28. The minimum absolute atomic E-state index is 0.246. The van der Waals surface area contributed by atoms with Crippen LogP contribution in [0, 0.1) is 0 Å². The van der Waals surface area contributed by atoms with Gasteiger partial charge in [-0.3, -0.25) is 4.90 Å². The van der Waals surface area contributed by atoms with Crippen LogP contribution in [0.1, 0.15) is 37.8 Å². The molecule has 3 aromatic rings. The van der Waals surface area contributed by atoms with Gasteiger partial charge in [-0.25, -0.2) is 9.97 Å². The predicted octanol–water partition coefficient (Wildman–Crippen LogP) is 3.15. The lowest BCUT2D eigenvalue weighted by Gasteiger charge is -2.32. The molecule has 1 atom stereocenters. The van der Waals surface area contributed by atoms with Crippen LogP contribution in [-0.4, -0.2) is 37.9 Å². The van der Waals surface area contributed by atoms with Gasteiger partial charge >= 0.3 is 0 Å². The van der Waals surface area contributed by atoms with E-state index in [9.17, 15) is 0 Å². The van der Waals surface area contributed by atoms with Gasteiger partial charge in [-0.15, -0.1) is 0 Å². The molecule has 1 aliphatic heterocycles. The number of benzene rings is 1. The first kappa shape index (κ1) is 15.1. The van der Waals surface area contributed by atoms with Crippen molar-refractivity contribution < 1.29 is 0 Å². The van der Waals surface area contributed by atoms with Crippen molar-refractivity contribution in [1.82, 2.24) is 24.8 Å². The lowest BCUT2D eigenvalue weighted by Crippen LogP contribution is -2.32. The van der Waals surface area contributed by atoms with Crippen molar-refractivity contribution in [3.05, 3.63) is 36.2 Å². The first-order chi connectivity index (χ1) is 11.7. The van der Waals surface area contributed by atoms with Crippen LogP contribution < -0.4 is 5.73 Å². The van der Waals surface area contributed by atoms with Gasteiger partial charge in [0.1, 0.15) is 11.2 Å². The van der Waals surface area contributed by atoms with E-state index in [-0.39, 0.29) is 5.95 Å². The molecule has 0 spiro atoms. The number of anilines is 1. The number of nitrogens with two attached hydrogens (primary N) is 1. The maximum Gasteiger partial charge on any atom is 0.222 e. The zero-order chi connectivity index (χ0) is 16.5. The monoisotopic (exact) mass is 322 g/mol. The standard InChI is InChI=1S/C18H22N6/c1-12(24-9-3-2-4-10-24)13-5-7-14(8-6-13)15-16-17(21-11-20-16)23-18(19)22-15/h5-8,11-12H,2-4,9-10H2,1H3,(H3,19,20,21,22,23)/t12-/m0/s1. The van der Waals surface area contributed by atoms with E-state index in [1.165, 1.54) is 37.9 Å². The van der Waals surface area contributed by atoms with Crippen LogP contribution in [0.4, 0.5) is 5.95 Å². The Morgan fingerprint density at radius 2 is 1.83 bits per heavy atom. The number of fused-ring (bicyclic) bond motifs is 1. The zero-order valence-electron chi connectivity index (χ0n) is 13.9. The summed E-state index contributed by atoms with van der Waals surface area (Å²) in [6.45, 7) is 4.68. The summed E-state index contributed by atoms with van der Waals surface area (Å²) in [5, 5.41) is 0. The lowest BCUT2D eigenvalue weighted by molar-refractivity contribution is 0.175. The highest BCUT2D eigenvalue weighted by Gasteiger charge is 2.18. The summed E-state index contributed by atoms with van der Waals surface area (Å²) in [5.74, 6) is 0.246. The van der Waals surface area contributed by atoms with Crippen molar-refractivity contribution >= 4 is 17.1 Å². The molecule has 24 heavy (non-hydrogen) atoms. The number of H-pyrrole nitrogens is 1. The van der Waals surface area contributed by atoms with Gasteiger partial charge in [-0.1, -0.05) is 30.7 Å². The molecule has 1 aromatic carbocycles. The molecule has 6 nitrogen and oxygen atoms in total. The smallest absolute Gasteiger partial charge is 0.222 e. The first-order valence-electron chi connectivity index (χ1n) is 8.53. The number of likely N-dealkylation sites (tertiary alicyclic amines) is 1. The van der Waals surface area contributed by atoms with E-state index in [0.717, 1.165) is 16.8 Å². The fraction of sp³-hybridized carbons (Fsp3) is 0.389. The number of nitrogen functional groups attached to an aromatic ring is 1. The van der Waals surface area contributed by atoms with Crippen LogP contribution >= 0.6 is 0 Å². The first-order valence-corrected chi connectivity index (χ1v) is 8.53. The Balaban J connectivity index is 1.64. The van der Waals surface area contributed by atoms with Crippen molar-refractivity contribution in [1.29, 1.82) is 0 Å². The molecular weight excluding hydrogens is 300 g/mol. The number of nitrogens with zero attached hydrogens (tertiary/aromatic N) is 4. The molecule has 0 aliphatic carbocycles.